The highest BCUT2D eigenvalue weighted by atomic mass is 16.5. The van der Waals surface area contributed by atoms with Gasteiger partial charge < -0.3 is 14.8 Å². The average Bonchev–Trinajstić information content (AvgIpc) is 2.05. The first-order valence-electron chi connectivity index (χ1n) is 3.76. The molecule has 0 aromatic carbocycles. The van der Waals surface area contributed by atoms with Gasteiger partial charge in [0.2, 0.25) is 5.91 Å². The quantitative estimate of drug-likeness (QED) is 0.383. The fraction of sp³-hybridized carbons (Fsp3) is 0.857. The molecule has 0 bridgehead atoms. The van der Waals surface area contributed by atoms with Crippen LogP contribution in [0.4, 0.5) is 0 Å². The number of methoxy groups -OCH3 is 2. The Morgan fingerprint density at radius 3 is 2.58 bits per heavy atom. The molecular weight excluding hydrogens is 160 g/mol. The van der Waals surface area contributed by atoms with Crippen LogP contribution >= 0.6 is 0 Å². The lowest BCUT2D eigenvalue weighted by molar-refractivity contribution is -0.124. The molecule has 0 heterocycles. The van der Waals surface area contributed by atoms with E-state index >= 15 is 0 Å². The first-order chi connectivity index (χ1) is 5.81. The number of nitrogens with one attached hydrogen (secondary N) is 2. The standard InChI is InChI=1S/C7H16N2O3/c1-11-5-7(10)9-4-3-8-6-12-2/h8H,3-6H2,1-2H3,(H,9,10). The minimum atomic E-state index is -0.100. The first kappa shape index (κ1) is 11.4. The SMILES string of the molecule is COCNCCNC(=O)COC. The molecule has 5 nitrogen and oxygen atoms in total. The van der Waals surface area contributed by atoms with Gasteiger partial charge in [0.25, 0.3) is 0 Å². The Bertz CT molecular complexity index is 119. The van der Waals surface area contributed by atoms with Gasteiger partial charge in [-0.05, 0) is 0 Å². The molecule has 0 unspecified atom stereocenters. The van der Waals surface area contributed by atoms with Gasteiger partial charge in [0.1, 0.15) is 6.61 Å². The van der Waals surface area contributed by atoms with Gasteiger partial charge in [0.15, 0.2) is 0 Å². The molecule has 2 N–H and O–H groups in total. The Hall–Kier alpha value is -0.650. The van der Waals surface area contributed by atoms with Crippen molar-refractivity contribution in [3.05, 3.63) is 0 Å². The Kier molecular flexibility index (Phi) is 7.99. The van der Waals surface area contributed by atoms with Crippen molar-refractivity contribution in [3.8, 4) is 0 Å². The normalized spacial score (nSPS) is 9.83. The van der Waals surface area contributed by atoms with Crippen LogP contribution in [0.3, 0.4) is 0 Å². The van der Waals surface area contributed by atoms with Crippen LogP contribution in [0.15, 0.2) is 0 Å². The number of hydrogen-bond acceptors (Lipinski definition) is 4. The first-order valence-corrected chi connectivity index (χ1v) is 3.76. The third-order valence-electron chi connectivity index (χ3n) is 1.15. The summed E-state index contributed by atoms with van der Waals surface area (Å²) in [6.45, 7) is 1.90. The maximum atomic E-state index is 10.8. The smallest absolute Gasteiger partial charge is 0.246 e. The van der Waals surface area contributed by atoms with Crippen LogP contribution < -0.4 is 10.6 Å². The fourth-order valence-corrected chi connectivity index (χ4v) is 0.647. The van der Waals surface area contributed by atoms with Crippen molar-refractivity contribution in [1.29, 1.82) is 0 Å². The van der Waals surface area contributed by atoms with Crippen LogP contribution in [0.1, 0.15) is 0 Å². The average molecular weight is 176 g/mol. The molecule has 0 aliphatic carbocycles. The lowest BCUT2D eigenvalue weighted by Crippen LogP contribution is -2.34. The largest absolute Gasteiger partial charge is 0.375 e. The molecule has 0 aliphatic heterocycles. The van der Waals surface area contributed by atoms with E-state index in [0.29, 0.717) is 19.8 Å². The Balaban J connectivity index is 3.03. The molecule has 12 heavy (non-hydrogen) atoms. The van der Waals surface area contributed by atoms with Crippen LogP contribution in [0.2, 0.25) is 0 Å². The lowest BCUT2D eigenvalue weighted by atomic mass is 10.5. The van der Waals surface area contributed by atoms with Gasteiger partial charge in [-0.25, -0.2) is 0 Å². The second-order valence-electron chi connectivity index (χ2n) is 2.22. The summed E-state index contributed by atoms with van der Waals surface area (Å²) in [6, 6.07) is 0. The number of carbonyl (C=O) groups is 1. The van der Waals surface area contributed by atoms with Crippen molar-refractivity contribution in [2.24, 2.45) is 0 Å². The van der Waals surface area contributed by atoms with Crippen molar-refractivity contribution in [1.82, 2.24) is 10.6 Å². The number of rotatable bonds is 7. The predicted octanol–water partition coefficient (Wildman–Crippen LogP) is -1.06. The number of carbonyl (C=O) groups excluding carboxylic acids is 1. The van der Waals surface area contributed by atoms with Crippen LogP contribution in [-0.2, 0) is 14.3 Å². The van der Waals surface area contributed by atoms with Gasteiger partial charge in [0, 0.05) is 27.3 Å². The highest BCUT2D eigenvalue weighted by Crippen LogP contribution is 1.68. The van der Waals surface area contributed by atoms with E-state index in [-0.39, 0.29) is 12.5 Å². The second-order valence-corrected chi connectivity index (χ2v) is 2.22. The van der Waals surface area contributed by atoms with Crippen molar-refractivity contribution in [3.63, 3.8) is 0 Å². The molecule has 0 aliphatic rings. The molecule has 0 aromatic rings. The van der Waals surface area contributed by atoms with E-state index in [1.54, 1.807) is 7.11 Å². The zero-order chi connectivity index (χ0) is 9.23. The molecule has 0 rings (SSSR count). The van der Waals surface area contributed by atoms with E-state index in [4.69, 9.17) is 4.74 Å². The summed E-state index contributed by atoms with van der Waals surface area (Å²) < 4.78 is 9.37. The van der Waals surface area contributed by atoms with Gasteiger partial charge in [0.05, 0.1) is 6.73 Å². The maximum Gasteiger partial charge on any atom is 0.246 e. The summed E-state index contributed by atoms with van der Waals surface area (Å²) in [5, 5.41) is 5.62. The van der Waals surface area contributed by atoms with E-state index in [0.717, 1.165) is 0 Å². The van der Waals surface area contributed by atoms with Gasteiger partial charge in [-0.2, -0.15) is 0 Å². The predicted molar refractivity (Wildman–Crippen MR) is 44.8 cm³/mol. The van der Waals surface area contributed by atoms with E-state index in [1.165, 1.54) is 7.11 Å². The topological polar surface area (TPSA) is 59.6 Å². The van der Waals surface area contributed by atoms with E-state index in [9.17, 15) is 4.79 Å². The van der Waals surface area contributed by atoms with Crippen LogP contribution in [0, 0.1) is 0 Å². The molecule has 0 saturated carbocycles. The van der Waals surface area contributed by atoms with Crippen molar-refractivity contribution >= 4 is 5.91 Å². The Morgan fingerprint density at radius 1 is 1.25 bits per heavy atom. The van der Waals surface area contributed by atoms with E-state index in [2.05, 4.69) is 15.4 Å². The summed E-state index contributed by atoms with van der Waals surface area (Å²) >= 11 is 0. The van der Waals surface area contributed by atoms with Crippen LogP contribution in [0.25, 0.3) is 0 Å². The Morgan fingerprint density at radius 2 is 2.00 bits per heavy atom. The summed E-state index contributed by atoms with van der Waals surface area (Å²) in [5.41, 5.74) is 0. The zero-order valence-electron chi connectivity index (χ0n) is 7.55. The molecule has 0 saturated heterocycles. The third kappa shape index (κ3) is 7.46. The fourth-order valence-electron chi connectivity index (χ4n) is 0.647. The summed E-state index contributed by atoms with van der Waals surface area (Å²) in [7, 11) is 3.10. The highest BCUT2D eigenvalue weighted by Gasteiger charge is 1.96. The minimum absolute atomic E-state index is 0.100. The Labute approximate surface area is 72.4 Å². The summed E-state index contributed by atoms with van der Waals surface area (Å²) in [5.74, 6) is -0.100. The molecule has 0 aromatic heterocycles. The number of hydrogen-bond donors (Lipinski definition) is 2. The molecule has 0 spiro atoms. The second kappa shape index (κ2) is 8.45. The number of ether oxygens (including phenoxy) is 2. The third-order valence-corrected chi connectivity index (χ3v) is 1.15. The van der Waals surface area contributed by atoms with Gasteiger partial charge >= 0.3 is 0 Å². The van der Waals surface area contributed by atoms with Crippen LogP contribution in [-0.4, -0.2) is 46.6 Å². The van der Waals surface area contributed by atoms with Crippen LogP contribution in [0.5, 0.6) is 0 Å². The van der Waals surface area contributed by atoms with Crippen molar-refractivity contribution in [2.75, 3.05) is 40.6 Å². The number of amides is 1. The molecular formula is C7H16N2O3. The minimum Gasteiger partial charge on any atom is -0.375 e. The molecule has 72 valence electrons. The summed E-state index contributed by atoms with van der Waals surface area (Å²) in [6.07, 6.45) is 0. The monoisotopic (exact) mass is 176 g/mol. The summed E-state index contributed by atoms with van der Waals surface area (Å²) in [4.78, 5) is 10.8. The van der Waals surface area contributed by atoms with E-state index in [1.807, 2.05) is 0 Å². The molecule has 1 amide bonds. The van der Waals surface area contributed by atoms with Gasteiger partial charge in [-0.15, -0.1) is 0 Å². The lowest BCUT2D eigenvalue weighted by Gasteiger charge is -2.04. The zero-order valence-corrected chi connectivity index (χ0v) is 7.55. The van der Waals surface area contributed by atoms with Crippen molar-refractivity contribution in [2.45, 2.75) is 0 Å². The molecule has 0 atom stereocenters. The molecule has 0 fully saturated rings. The molecule has 5 heteroatoms. The maximum absolute atomic E-state index is 10.8. The van der Waals surface area contributed by atoms with Gasteiger partial charge in [-0.1, -0.05) is 0 Å². The van der Waals surface area contributed by atoms with Crippen molar-refractivity contribution < 1.29 is 14.3 Å². The van der Waals surface area contributed by atoms with E-state index < -0.39 is 0 Å². The highest BCUT2D eigenvalue weighted by molar-refractivity contribution is 5.77. The molecule has 0 radical (unpaired) electrons. The van der Waals surface area contributed by atoms with Gasteiger partial charge in [-0.3, -0.25) is 10.1 Å².